The molecule has 1 aromatic heterocycles. The van der Waals surface area contributed by atoms with Gasteiger partial charge in [0.2, 0.25) is 0 Å². The van der Waals surface area contributed by atoms with Crippen molar-refractivity contribution in [3.63, 3.8) is 0 Å². The van der Waals surface area contributed by atoms with Crippen molar-refractivity contribution in [2.45, 2.75) is 25.3 Å². The van der Waals surface area contributed by atoms with Crippen molar-refractivity contribution in [1.82, 2.24) is 15.1 Å². The maximum absolute atomic E-state index is 13.9. The van der Waals surface area contributed by atoms with E-state index in [0.29, 0.717) is 12.2 Å². The SMILES string of the molecule is NC(=O)c1cc(C2CCCCN2C(=O)c2ccccc2F)[nH]n1. The van der Waals surface area contributed by atoms with E-state index in [2.05, 4.69) is 10.2 Å². The molecule has 0 spiro atoms. The van der Waals surface area contributed by atoms with Crippen LogP contribution in [0.3, 0.4) is 0 Å². The van der Waals surface area contributed by atoms with Gasteiger partial charge in [-0.25, -0.2) is 4.39 Å². The summed E-state index contributed by atoms with van der Waals surface area (Å²) in [6.45, 7) is 0.531. The van der Waals surface area contributed by atoms with Crippen LogP contribution in [0.25, 0.3) is 0 Å². The van der Waals surface area contributed by atoms with E-state index in [0.717, 1.165) is 19.3 Å². The summed E-state index contributed by atoms with van der Waals surface area (Å²) in [5, 5.41) is 6.63. The standard InChI is InChI=1S/C16H17FN4O2/c17-11-6-2-1-5-10(11)16(23)21-8-4-3-7-14(21)12-9-13(15(18)22)20-19-12/h1-2,5-6,9,14H,3-4,7-8H2,(H2,18,22)(H,19,20). The number of piperidine rings is 1. The van der Waals surface area contributed by atoms with Gasteiger partial charge in [0.1, 0.15) is 11.5 Å². The Labute approximate surface area is 132 Å². The molecular formula is C16H17FN4O2. The van der Waals surface area contributed by atoms with Crippen LogP contribution in [0.4, 0.5) is 4.39 Å². The van der Waals surface area contributed by atoms with E-state index in [1.54, 1.807) is 23.1 Å². The number of nitrogens with two attached hydrogens (primary N) is 1. The number of halogens is 1. The number of H-pyrrole nitrogens is 1. The molecule has 2 aromatic rings. The summed E-state index contributed by atoms with van der Waals surface area (Å²) in [4.78, 5) is 25.5. The van der Waals surface area contributed by atoms with Crippen molar-refractivity contribution in [2.24, 2.45) is 5.73 Å². The minimum Gasteiger partial charge on any atom is -0.364 e. The van der Waals surface area contributed by atoms with Crippen molar-refractivity contribution >= 4 is 11.8 Å². The van der Waals surface area contributed by atoms with Gasteiger partial charge in [-0.15, -0.1) is 0 Å². The lowest BCUT2D eigenvalue weighted by Crippen LogP contribution is -2.39. The van der Waals surface area contributed by atoms with Crippen LogP contribution in [-0.2, 0) is 0 Å². The highest BCUT2D eigenvalue weighted by Gasteiger charge is 2.31. The van der Waals surface area contributed by atoms with Gasteiger partial charge >= 0.3 is 0 Å². The van der Waals surface area contributed by atoms with Gasteiger partial charge in [-0.05, 0) is 37.5 Å². The fourth-order valence-electron chi connectivity index (χ4n) is 2.92. The Morgan fingerprint density at radius 1 is 1.30 bits per heavy atom. The van der Waals surface area contributed by atoms with Gasteiger partial charge in [0.15, 0.2) is 0 Å². The maximum atomic E-state index is 13.9. The second-order valence-electron chi connectivity index (χ2n) is 5.56. The van der Waals surface area contributed by atoms with Crippen LogP contribution in [0.15, 0.2) is 30.3 Å². The lowest BCUT2D eigenvalue weighted by molar-refractivity contribution is 0.0601. The second kappa shape index (κ2) is 6.20. The number of hydrogen-bond donors (Lipinski definition) is 2. The Balaban J connectivity index is 1.90. The van der Waals surface area contributed by atoms with Crippen LogP contribution < -0.4 is 5.73 Å². The largest absolute Gasteiger partial charge is 0.364 e. The number of aromatic nitrogens is 2. The number of aromatic amines is 1. The number of likely N-dealkylation sites (tertiary alicyclic amines) is 1. The fourth-order valence-corrected chi connectivity index (χ4v) is 2.92. The Bertz CT molecular complexity index is 743. The molecule has 1 fully saturated rings. The van der Waals surface area contributed by atoms with Gasteiger partial charge in [-0.2, -0.15) is 5.10 Å². The summed E-state index contributed by atoms with van der Waals surface area (Å²) >= 11 is 0. The normalized spacial score (nSPS) is 18.0. The van der Waals surface area contributed by atoms with E-state index >= 15 is 0 Å². The Morgan fingerprint density at radius 2 is 2.09 bits per heavy atom. The Kier molecular flexibility index (Phi) is 4.10. The van der Waals surface area contributed by atoms with Crippen LogP contribution in [0.5, 0.6) is 0 Å². The number of benzene rings is 1. The van der Waals surface area contributed by atoms with Gasteiger partial charge in [0.05, 0.1) is 17.3 Å². The number of hydrogen-bond acceptors (Lipinski definition) is 3. The molecule has 7 heteroatoms. The van der Waals surface area contributed by atoms with Gasteiger partial charge in [0.25, 0.3) is 11.8 Å². The third kappa shape index (κ3) is 2.94. The molecule has 1 saturated heterocycles. The first-order valence-corrected chi connectivity index (χ1v) is 7.48. The third-order valence-electron chi connectivity index (χ3n) is 4.08. The number of amides is 2. The molecule has 3 rings (SSSR count). The highest BCUT2D eigenvalue weighted by molar-refractivity contribution is 5.95. The van der Waals surface area contributed by atoms with Crippen molar-refractivity contribution in [2.75, 3.05) is 6.54 Å². The van der Waals surface area contributed by atoms with Gasteiger partial charge in [-0.3, -0.25) is 14.7 Å². The molecular weight excluding hydrogens is 299 g/mol. The molecule has 2 amide bonds. The van der Waals surface area contributed by atoms with Crippen LogP contribution in [0, 0.1) is 5.82 Å². The van der Waals surface area contributed by atoms with Crippen molar-refractivity contribution in [1.29, 1.82) is 0 Å². The van der Waals surface area contributed by atoms with Gasteiger partial charge in [0, 0.05) is 6.54 Å². The zero-order valence-corrected chi connectivity index (χ0v) is 12.5. The highest BCUT2D eigenvalue weighted by atomic mass is 19.1. The number of nitrogens with one attached hydrogen (secondary N) is 1. The molecule has 1 atom stereocenters. The zero-order chi connectivity index (χ0) is 16.4. The average Bonchev–Trinajstić information content (AvgIpc) is 3.05. The summed E-state index contributed by atoms with van der Waals surface area (Å²) in [5.41, 5.74) is 6.03. The molecule has 0 bridgehead atoms. The van der Waals surface area contributed by atoms with Crippen LogP contribution >= 0.6 is 0 Å². The van der Waals surface area contributed by atoms with Crippen molar-refractivity contribution in [3.05, 3.63) is 53.1 Å². The smallest absolute Gasteiger partial charge is 0.269 e. The first-order chi connectivity index (χ1) is 11.1. The quantitative estimate of drug-likeness (QED) is 0.907. The number of carbonyl (C=O) groups excluding carboxylic acids is 2. The summed E-state index contributed by atoms with van der Waals surface area (Å²) in [6.07, 6.45) is 2.52. The number of carbonyl (C=O) groups is 2. The van der Waals surface area contributed by atoms with Gasteiger partial charge < -0.3 is 10.6 Å². The van der Waals surface area contributed by atoms with E-state index < -0.39 is 11.7 Å². The minimum absolute atomic E-state index is 0.0500. The first kappa shape index (κ1) is 15.2. The predicted octanol–water partition coefficient (Wildman–Crippen LogP) is 2.02. The molecule has 2 heterocycles. The highest BCUT2D eigenvalue weighted by Crippen LogP contribution is 2.31. The Hall–Kier alpha value is -2.70. The Morgan fingerprint density at radius 3 is 2.78 bits per heavy atom. The molecule has 6 nitrogen and oxygen atoms in total. The molecule has 0 aliphatic carbocycles. The monoisotopic (exact) mass is 316 g/mol. The second-order valence-corrected chi connectivity index (χ2v) is 5.56. The van der Waals surface area contributed by atoms with Crippen molar-refractivity contribution in [3.8, 4) is 0 Å². The lowest BCUT2D eigenvalue weighted by Gasteiger charge is -2.35. The topological polar surface area (TPSA) is 92.1 Å². The lowest BCUT2D eigenvalue weighted by atomic mass is 9.98. The number of rotatable bonds is 3. The van der Waals surface area contributed by atoms with Crippen LogP contribution in [0.1, 0.15) is 51.8 Å². The molecule has 0 saturated carbocycles. The molecule has 1 aromatic carbocycles. The molecule has 1 unspecified atom stereocenters. The van der Waals surface area contributed by atoms with Crippen LogP contribution in [-0.4, -0.2) is 33.5 Å². The van der Waals surface area contributed by atoms with Crippen molar-refractivity contribution < 1.29 is 14.0 Å². The van der Waals surface area contributed by atoms with E-state index in [4.69, 9.17) is 5.73 Å². The van der Waals surface area contributed by atoms with Crippen LogP contribution in [0.2, 0.25) is 0 Å². The molecule has 3 N–H and O–H groups in total. The summed E-state index contributed by atoms with van der Waals surface area (Å²) in [7, 11) is 0. The van der Waals surface area contributed by atoms with E-state index in [1.807, 2.05) is 0 Å². The minimum atomic E-state index is -0.629. The third-order valence-corrected chi connectivity index (χ3v) is 4.08. The molecule has 0 radical (unpaired) electrons. The maximum Gasteiger partial charge on any atom is 0.269 e. The molecule has 1 aliphatic heterocycles. The zero-order valence-electron chi connectivity index (χ0n) is 12.5. The van der Waals surface area contributed by atoms with Gasteiger partial charge in [-0.1, -0.05) is 12.1 Å². The average molecular weight is 316 g/mol. The van der Waals surface area contributed by atoms with E-state index in [9.17, 15) is 14.0 Å². The predicted molar refractivity (Wildman–Crippen MR) is 81.1 cm³/mol. The molecule has 1 aliphatic rings. The van der Waals surface area contributed by atoms with E-state index in [1.165, 1.54) is 12.1 Å². The number of nitrogens with zero attached hydrogens (tertiary/aromatic N) is 2. The summed E-state index contributed by atoms with van der Waals surface area (Å²) < 4.78 is 13.9. The summed E-state index contributed by atoms with van der Waals surface area (Å²) in [5.74, 6) is -1.53. The fraction of sp³-hybridized carbons (Fsp3) is 0.312. The summed E-state index contributed by atoms with van der Waals surface area (Å²) in [6, 6.07) is 7.22. The molecule has 120 valence electrons. The number of primary amides is 1. The van der Waals surface area contributed by atoms with E-state index in [-0.39, 0.29) is 23.2 Å². The molecule has 23 heavy (non-hydrogen) atoms. The first-order valence-electron chi connectivity index (χ1n) is 7.48.